The summed E-state index contributed by atoms with van der Waals surface area (Å²) in [6.07, 6.45) is 3.17. The van der Waals surface area contributed by atoms with E-state index in [1.807, 2.05) is 6.92 Å². The third-order valence-corrected chi connectivity index (χ3v) is 4.24. The second-order valence-electron chi connectivity index (χ2n) is 4.32. The molecule has 1 aliphatic heterocycles. The lowest BCUT2D eigenvalue weighted by Gasteiger charge is -2.23. The largest absolute Gasteiger partial charge is 0.317 e. The van der Waals surface area contributed by atoms with Crippen LogP contribution in [0.3, 0.4) is 0 Å². The number of piperidine rings is 1. The molecule has 0 unspecified atom stereocenters. The smallest absolute Gasteiger partial charge is 0.258 e. The summed E-state index contributed by atoms with van der Waals surface area (Å²) in [6.45, 7) is 3.56. The van der Waals surface area contributed by atoms with Gasteiger partial charge in [-0.05, 0) is 50.6 Å². The number of nitrogens with zero attached hydrogens (tertiary/aromatic N) is 1. The lowest BCUT2D eigenvalue weighted by atomic mass is 10.1. The molecule has 0 bridgehead atoms. The first-order valence-electron chi connectivity index (χ1n) is 5.74. The van der Waals surface area contributed by atoms with Crippen molar-refractivity contribution in [1.29, 1.82) is 0 Å². The van der Waals surface area contributed by atoms with Gasteiger partial charge in [-0.25, -0.2) is 18.1 Å². The van der Waals surface area contributed by atoms with Crippen LogP contribution >= 0.6 is 0 Å². The number of rotatable bonds is 3. The van der Waals surface area contributed by atoms with Gasteiger partial charge in [0.1, 0.15) is 0 Å². The summed E-state index contributed by atoms with van der Waals surface area (Å²) in [6, 6.07) is 3.39. The minimum absolute atomic E-state index is 0.0172. The van der Waals surface area contributed by atoms with E-state index in [9.17, 15) is 8.42 Å². The SMILES string of the molecule is Cc1ccnc(S(=O)(=O)NC2CCNCC2)c1. The predicted molar refractivity (Wildman–Crippen MR) is 65.2 cm³/mol. The molecule has 0 amide bonds. The van der Waals surface area contributed by atoms with E-state index >= 15 is 0 Å². The van der Waals surface area contributed by atoms with E-state index in [2.05, 4.69) is 15.0 Å². The fourth-order valence-corrected chi connectivity index (χ4v) is 3.21. The van der Waals surface area contributed by atoms with E-state index in [0.717, 1.165) is 31.5 Å². The van der Waals surface area contributed by atoms with Crippen LogP contribution in [0.15, 0.2) is 23.4 Å². The molecule has 2 rings (SSSR count). The third kappa shape index (κ3) is 3.24. The summed E-state index contributed by atoms with van der Waals surface area (Å²) in [5.74, 6) is 0. The summed E-state index contributed by atoms with van der Waals surface area (Å²) < 4.78 is 26.8. The zero-order valence-corrected chi connectivity index (χ0v) is 10.6. The quantitative estimate of drug-likeness (QED) is 0.821. The number of aryl methyl sites for hydroxylation is 1. The van der Waals surface area contributed by atoms with Crippen LogP contribution in [0.4, 0.5) is 0 Å². The molecule has 5 nitrogen and oxygen atoms in total. The lowest BCUT2D eigenvalue weighted by Crippen LogP contribution is -2.42. The van der Waals surface area contributed by atoms with Crippen molar-refractivity contribution in [2.24, 2.45) is 0 Å². The van der Waals surface area contributed by atoms with Gasteiger partial charge in [0.2, 0.25) is 0 Å². The van der Waals surface area contributed by atoms with Gasteiger partial charge < -0.3 is 5.32 Å². The molecule has 1 aromatic rings. The predicted octanol–water partition coefficient (Wildman–Crippen LogP) is 0.420. The Balaban J connectivity index is 2.13. The molecule has 2 N–H and O–H groups in total. The average molecular weight is 255 g/mol. The van der Waals surface area contributed by atoms with Crippen molar-refractivity contribution in [3.8, 4) is 0 Å². The van der Waals surface area contributed by atoms with Gasteiger partial charge in [-0.3, -0.25) is 0 Å². The zero-order chi connectivity index (χ0) is 12.3. The number of aromatic nitrogens is 1. The van der Waals surface area contributed by atoms with Gasteiger partial charge in [0.15, 0.2) is 5.03 Å². The monoisotopic (exact) mass is 255 g/mol. The molecule has 0 radical (unpaired) electrons. The normalized spacial score (nSPS) is 18.2. The fourth-order valence-electron chi connectivity index (χ4n) is 1.87. The van der Waals surface area contributed by atoms with Crippen LogP contribution in [-0.2, 0) is 10.0 Å². The Kier molecular flexibility index (Phi) is 3.76. The standard InChI is InChI=1S/C11H17N3O2S/c1-9-2-7-13-11(8-9)17(15,16)14-10-3-5-12-6-4-10/h2,7-8,10,12,14H,3-6H2,1H3. The molecule has 0 saturated carbocycles. The fraction of sp³-hybridized carbons (Fsp3) is 0.545. The minimum atomic E-state index is -3.47. The van der Waals surface area contributed by atoms with Gasteiger partial charge in [-0.2, -0.15) is 0 Å². The van der Waals surface area contributed by atoms with Crippen molar-refractivity contribution in [2.45, 2.75) is 30.8 Å². The maximum atomic E-state index is 12.1. The average Bonchev–Trinajstić information content (AvgIpc) is 2.30. The Morgan fingerprint density at radius 3 is 2.76 bits per heavy atom. The molecule has 17 heavy (non-hydrogen) atoms. The van der Waals surface area contributed by atoms with E-state index < -0.39 is 10.0 Å². The van der Waals surface area contributed by atoms with Gasteiger partial charge in [-0.1, -0.05) is 0 Å². The first-order valence-corrected chi connectivity index (χ1v) is 7.22. The summed E-state index contributed by atoms with van der Waals surface area (Å²) in [7, 11) is -3.47. The molecule has 0 aliphatic carbocycles. The van der Waals surface area contributed by atoms with Crippen molar-refractivity contribution in [2.75, 3.05) is 13.1 Å². The highest BCUT2D eigenvalue weighted by Crippen LogP contribution is 2.11. The third-order valence-electron chi connectivity index (χ3n) is 2.83. The number of hydrogen-bond acceptors (Lipinski definition) is 4. The lowest BCUT2D eigenvalue weighted by molar-refractivity contribution is 0.426. The molecule has 0 atom stereocenters. The van der Waals surface area contributed by atoms with Crippen LogP contribution in [0, 0.1) is 6.92 Å². The van der Waals surface area contributed by atoms with Gasteiger partial charge >= 0.3 is 0 Å². The maximum Gasteiger partial charge on any atom is 0.258 e. The maximum absolute atomic E-state index is 12.1. The van der Waals surface area contributed by atoms with Crippen molar-refractivity contribution < 1.29 is 8.42 Å². The molecule has 0 spiro atoms. The van der Waals surface area contributed by atoms with Crippen molar-refractivity contribution in [3.05, 3.63) is 23.9 Å². The highest BCUT2D eigenvalue weighted by Gasteiger charge is 2.22. The van der Waals surface area contributed by atoms with Crippen molar-refractivity contribution in [3.63, 3.8) is 0 Å². The number of pyridine rings is 1. The van der Waals surface area contributed by atoms with E-state index in [0.29, 0.717) is 0 Å². The summed E-state index contributed by atoms with van der Waals surface area (Å²) in [5, 5.41) is 3.31. The van der Waals surface area contributed by atoms with E-state index in [1.165, 1.54) is 6.20 Å². The van der Waals surface area contributed by atoms with Crippen LogP contribution in [0.1, 0.15) is 18.4 Å². The molecule has 0 aromatic carbocycles. The highest BCUT2D eigenvalue weighted by atomic mass is 32.2. The minimum Gasteiger partial charge on any atom is -0.317 e. The first-order chi connectivity index (χ1) is 8.08. The zero-order valence-electron chi connectivity index (χ0n) is 9.81. The van der Waals surface area contributed by atoms with Crippen molar-refractivity contribution in [1.82, 2.24) is 15.0 Å². The molecule has 2 heterocycles. The number of sulfonamides is 1. The first kappa shape index (κ1) is 12.5. The Labute approximate surface area is 102 Å². The van der Waals surface area contributed by atoms with Gasteiger partial charge in [0.05, 0.1) is 0 Å². The topological polar surface area (TPSA) is 71.1 Å². The van der Waals surface area contributed by atoms with Crippen molar-refractivity contribution >= 4 is 10.0 Å². The molecule has 1 aliphatic rings. The molecule has 1 fully saturated rings. The Hall–Kier alpha value is -0.980. The summed E-state index contributed by atoms with van der Waals surface area (Å²) in [5.41, 5.74) is 0.894. The number of nitrogens with one attached hydrogen (secondary N) is 2. The van der Waals surface area contributed by atoms with E-state index in [4.69, 9.17) is 0 Å². The highest BCUT2D eigenvalue weighted by molar-refractivity contribution is 7.89. The van der Waals surface area contributed by atoms with Crippen LogP contribution in [0.25, 0.3) is 0 Å². The van der Waals surface area contributed by atoms with E-state index in [-0.39, 0.29) is 11.1 Å². The van der Waals surface area contributed by atoms with Gasteiger partial charge in [-0.15, -0.1) is 0 Å². The molecular weight excluding hydrogens is 238 g/mol. The Morgan fingerprint density at radius 1 is 1.41 bits per heavy atom. The molecule has 1 aromatic heterocycles. The summed E-state index contributed by atoms with van der Waals surface area (Å²) >= 11 is 0. The molecule has 94 valence electrons. The number of hydrogen-bond donors (Lipinski definition) is 2. The Bertz CT molecular complexity index is 481. The second-order valence-corrected chi connectivity index (χ2v) is 5.98. The second kappa shape index (κ2) is 5.12. The molecular formula is C11H17N3O2S. The van der Waals surface area contributed by atoms with Gasteiger partial charge in [0, 0.05) is 12.2 Å². The van der Waals surface area contributed by atoms with E-state index in [1.54, 1.807) is 12.1 Å². The molecule has 1 saturated heterocycles. The van der Waals surface area contributed by atoms with Gasteiger partial charge in [0.25, 0.3) is 10.0 Å². The summed E-state index contributed by atoms with van der Waals surface area (Å²) in [4.78, 5) is 3.91. The van der Waals surface area contributed by atoms with Crippen LogP contribution < -0.4 is 10.0 Å². The van der Waals surface area contributed by atoms with Crippen LogP contribution in [0.2, 0.25) is 0 Å². The van der Waals surface area contributed by atoms with Crippen LogP contribution in [-0.4, -0.2) is 32.5 Å². The Morgan fingerprint density at radius 2 is 2.12 bits per heavy atom. The molecule has 6 heteroatoms. The van der Waals surface area contributed by atoms with Crippen LogP contribution in [0.5, 0.6) is 0 Å².